The van der Waals surface area contributed by atoms with E-state index in [1.165, 1.54) is 92.7 Å². The van der Waals surface area contributed by atoms with Crippen LogP contribution in [0.25, 0.3) is 98.4 Å². The second kappa shape index (κ2) is 9.57. The normalized spacial score (nSPS) is 12.2. The van der Waals surface area contributed by atoms with E-state index in [-0.39, 0.29) is 0 Å². The molecule has 0 fully saturated rings. The van der Waals surface area contributed by atoms with Gasteiger partial charge in [0.1, 0.15) is 0 Å². The SMILES string of the molecule is c1ccc(-c2ccc(-n3c4ccccc4c4c5c6ccccc6c6cccc7c6c5c(cc43)n7-c3cccc4ccccc34)cc2)cc1. The molecule has 48 heavy (non-hydrogen) atoms. The van der Waals surface area contributed by atoms with Gasteiger partial charge in [-0.2, -0.15) is 0 Å². The zero-order valence-electron chi connectivity index (χ0n) is 26.1. The molecule has 2 nitrogen and oxygen atoms in total. The van der Waals surface area contributed by atoms with Crippen molar-refractivity contribution in [3.8, 4) is 22.5 Å². The fourth-order valence-corrected chi connectivity index (χ4v) is 8.47. The monoisotopic (exact) mass is 608 g/mol. The van der Waals surface area contributed by atoms with Crippen LogP contribution in [0.3, 0.4) is 0 Å². The van der Waals surface area contributed by atoms with Crippen molar-refractivity contribution in [1.29, 1.82) is 0 Å². The fourth-order valence-electron chi connectivity index (χ4n) is 8.47. The van der Waals surface area contributed by atoms with Crippen LogP contribution in [0.4, 0.5) is 0 Å². The zero-order valence-corrected chi connectivity index (χ0v) is 26.1. The van der Waals surface area contributed by atoms with Gasteiger partial charge in [-0.1, -0.05) is 133 Å². The minimum absolute atomic E-state index is 1.16. The summed E-state index contributed by atoms with van der Waals surface area (Å²) in [5.74, 6) is 0. The number of rotatable bonds is 3. The summed E-state index contributed by atoms with van der Waals surface area (Å²) in [5.41, 5.74) is 9.71. The third-order valence-electron chi connectivity index (χ3n) is 10.4. The highest BCUT2D eigenvalue weighted by Crippen LogP contribution is 2.49. The first-order valence-corrected chi connectivity index (χ1v) is 16.6. The average molecular weight is 609 g/mol. The van der Waals surface area contributed by atoms with Crippen molar-refractivity contribution in [2.75, 3.05) is 0 Å². The van der Waals surface area contributed by atoms with Crippen LogP contribution in [-0.4, -0.2) is 9.13 Å². The molecule has 0 bridgehead atoms. The molecular weight excluding hydrogens is 581 g/mol. The topological polar surface area (TPSA) is 9.86 Å². The Kier molecular flexibility index (Phi) is 5.14. The number of nitrogens with zero attached hydrogens (tertiary/aromatic N) is 2. The third kappa shape index (κ3) is 3.36. The van der Waals surface area contributed by atoms with Gasteiger partial charge in [0.2, 0.25) is 0 Å². The Morgan fingerprint density at radius 2 is 0.854 bits per heavy atom. The molecule has 0 spiro atoms. The maximum atomic E-state index is 2.52. The molecule has 11 aromatic rings. The quantitative estimate of drug-likeness (QED) is 0.177. The molecule has 0 aliphatic carbocycles. The predicted molar refractivity (Wildman–Crippen MR) is 204 cm³/mol. The molecule has 2 aromatic heterocycles. The van der Waals surface area contributed by atoms with Gasteiger partial charge >= 0.3 is 0 Å². The summed E-state index contributed by atoms with van der Waals surface area (Å²) in [6.45, 7) is 0. The van der Waals surface area contributed by atoms with E-state index in [1.807, 2.05) is 0 Å². The molecule has 0 saturated heterocycles. The smallest absolute Gasteiger partial charge is 0.0569 e. The van der Waals surface area contributed by atoms with E-state index in [2.05, 4.69) is 179 Å². The van der Waals surface area contributed by atoms with Crippen molar-refractivity contribution >= 4 is 75.9 Å². The standard InChI is InChI=1S/C46H28N2/c1-2-12-29(13-3-1)30-24-26-32(27-25-30)47-39-21-9-8-19-37(39)44-41(47)28-42-46-43-35(34-17-6-7-18-36(34)45(44)46)20-11-23-40(43)48(42)38-22-10-15-31-14-4-5-16-33(31)38/h1-28H. The van der Waals surface area contributed by atoms with Crippen molar-refractivity contribution in [3.05, 3.63) is 170 Å². The van der Waals surface area contributed by atoms with Gasteiger partial charge in [0.05, 0.1) is 27.8 Å². The summed E-state index contributed by atoms with van der Waals surface area (Å²) < 4.78 is 4.99. The van der Waals surface area contributed by atoms with Crippen LogP contribution in [-0.2, 0) is 0 Å². The Morgan fingerprint density at radius 3 is 1.71 bits per heavy atom. The largest absolute Gasteiger partial charge is 0.309 e. The van der Waals surface area contributed by atoms with Crippen molar-refractivity contribution in [3.63, 3.8) is 0 Å². The molecule has 2 heteroatoms. The molecule has 0 N–H and O–H groups in total. The lowest BCUT2D eigenvalue weighted by Gasteiger charge is -2.13. The van der Waals surface area contributed by atoms with Crippen molar-refractivity contribution in [1.82, 2.24) is 9.13 Å². The Labute approximate surface area is 276 Å². The van der Waals surface area contributed by atoms with Gasteiger partial charge in [0.25, 0.3) is 0 Å². The molecule has 0 unspecified atom stereocenters. The lowest BCUT2D eigenvalue weighted by atomic mass is 9.92. The Bertz CT molecular complexity index is 3030. The van der Waals surface area contributed by atoms with Gasteiger partial charge < -0.3 is 9.13 Å². The summed E-state index contributed by atoms with van der Waals surface area (Å²) in [5, 5.41) is 13.0. The van der Waals surface area contributed by atoms with Crippen LogP contribution >= 0.6 is 0 Å². The van der Waals surface area contributed by atoms with Gasteiger partial charge in [-0.3, -0.25) is 0 Å². The molecule has 2 heterocycles. The first-order chi connectivity index (χ1) is 23.8. The predicted octanol–water partition coefficient (Wildman–Crippen LogP) is 12.4. The van der Waals surface area contributed by atoms with Crippen LogP contribution in [0, 0.1) is 0 Å². The molecule has 0 aliphatic heterocycles. The lowest BCUT2D eigenvalue weighted by molar-refractivity contribution is 1.17. The number of aromatic nitrogens is 2. The summed E-state index contributed by atoms with van der Waals surface area (Å²) in [4.78, 5) is 0. The van der Waals surface area contributed by atoms with E-state index < -0.39 is 0 Å². The maximum Gasteiger partial charge on any atom is 0.0569 e. The summed E-state index contributed by atoms with van der Waals surface area (Å²) in [7, 11) is 0. The van der Waals surface area contributed by atoms with Crippen molar-refractivity contribution in [2.24, 2.45) is 0 Å². The van der Waals surface area contributed by atoms with E-state index >= 15 is 0 Å². The first-order valence-electron chi connectivity index (χ1n) is 16.6. The highest BCUT2D eigenvalue weighted by molar-refractivity contribution is 6.42. The lowest BCUT2D eigenvalue weighted by Crippen LogP contribution is -1.97. The van der Waals surface area contributed by atoms with Gasteiger partial charge in [0, 0.05) is 38.0 Å². The second-order valence-electron chi connectivity index (χ2n) is 12.9. The Morgan fingerprint density at radius 1 is 0.292 bits per heavy atom. The summed E-state index contributed by atoms with van der Waals surface area (Å²) >= 11 is 0. The highest BCUT2D eigenvalue weighted by Gasteiger charge is 2.25. The Hall–Kier alpha value is -6.38. The first kappa shape index (κ1) is 25.8. The van der Waals surface area contributed by atoms with Crippen LogP contribution in [0.2, 0.25) is 0 Å². The Balaban J connectivity index is 1.36. The number of para-hydroxylation sites is 1. The molecule has 11 rings (SSSR count). The van der Waals surface area contributed by atoms with E-state index in [0.717, 1.165) is 5.69 Å². The highest BCUT2D eigenvalue weighted by atomic mass is 15.0. The zero-order chi connectivity index (χ0) is 31.3. The molecule has 0 aliphatic rings. The van der Waals surface area contributed by atoms with Crippen molar-refractivity contribution < 1.29 is 0 Å². The minimum atomic E-state index is 1.16. The summed E-state index contributed by atoms with van der Waals surface area (Å²) in [6.07, 6.45) is 0. The van der Waals surface area contributed by atoms with E-state index in [9.17, 15) is 0 Å². The van der Waals surface area contributed by atoms with E-state index in [0.29, 0.717) is 0 Å². The molecule has 0 saturated carbocycles. The van der Waals surface area contributed by atoms with Gasteiger partial charge in [-0.25, -0.2) is 0 Å². The molecule has 9 aromatic carbocycles. The fraction of sp³-hybridized carbons (Fsp3) is 0. The van der Waals surface area contributed by atoms with Crippen molar-refractivity contribution in [2.45, 2.75) is 0 Å². The molecule has 0 amide bonds. The average Bonchev–Trinajstić information content (AvgIpc) is 3.67. The van der Waals surface area contributed by atoms with E-state index in [1.54, 1.807) is 0 Å². The van der Waals surface area contributed by atoms with Gasteiger partial charge in [-0.05, 0) is 69.1 Å². The van der Waals surface area contributed by atoms with Crippen LogP contribution < -0.4 is 0 Å². The molecule has 0 radical (unpaired) electrons. The van der Waals surface area contributed by atoms with E-state index in [4.69, 9.17) is 0 Å². The van der Waals surface area contributed by atoms with Gasteiger partial charge in [0.15, 0.2) is 0 Å². The number of hydrogen-bond acceptors (Lipinski definition) is 0. The van der Waals surface area contributed by atoms with Gasteiger partial charge in [-0.15, -0.1) is 0 Å². The van der Waals surface area contributed by atoms with Crippen LogP contribution in [0.1, 0.15) is 0 Å². The third-order valence-corrected chi connectivity index (χ3v) is 10.4. The second-order valence-corrected chi connectivity index (χ2v) is 12.9. The maximum absolute atomic E-state index is 2.52. The molecular formula is C46H28N2. The van der Waals surface area contributed by atoms with Crippen LogP contribution in [0.5, 0.6) is 0 Å². The number of hydrogen-bond donors (Lipinski definition) is 0. The molecule has 0 atom stereocenters. The number of benzene rings is 9. The number of fused-ring (bicyclic) bond motifs is 8. The van der Waals surface area contributed by atoms with Crippen LogP contribution in [0.15, 0.2) is 170 Å². The molecule has 222 valence electrons. The summed E-state index contributed by atoms with van der Waals surface area (Å²) in [6, 6.07) is 62.3. The minimum Gasteiger partial charge on any atom is -0.309 e.